The summed E-state index contributed by atoms with van der Waals surface area (Å²) in [5.41, 5.74) is 2.28. The summed E-state index contributed by atoms with van der Waals surface area (Å²) in [6, 6.07) is 16.4. The van der Waals surface area contributed by atoms with E-state index in [9.17, 15) is 8.42 Å². The van der Waals surface area contributed by atoms with Crippen LogP contribution in [0.25, 0.3) is 0 Å². The number of hydrogen-bond acceptors (Lipinski definition) is 5. The van der Waals surface area contributed by atoms with Gasteiger partial charge in [0, 0.05) is 23.8 Å². The van der Waals surface area contributed by atoms with Crippen LogP contribution >= 0.6 is 15.9 Å². The molecule has 0 bridgehead atoms. The van der Waals surface area contributed by atoms with Crippen LogP contribution in [0.15, 0.2) is 70.3 Å². The molecule has 0 radical (unpaired) electrons. The number of pyridine rings is 1. The molecule has 8 heteroatoms. The van der Waals surface area contributed by atoms with Gasteiger partial charge < -0.3 is 9.47 Å². The molecule has 3 rings (SSSR count). The van der Waals surface area contributed by atoms with Crippen LogP contribution in [0.3, 0.4) is 0 Å². The fraction of sp³-hybridized carbons (Fsp3) is 0.227. The first kappa shape index (κ1) is 22.3. The molecule has 158 valence electrons. The summed E-state index contributed by atoms with van der Waals surface area (Å²) in [5, 5.41) is 0.0488. The van der Waals surface area contributed by atoms with E-state index in [0.29, 0.717) is 17.1 Å². The predicted octanol–water partition coefficient (Wildman–Crippen LogP) is 4.56. The third-order valence-electron chi connectivity index (χ3n) is 4.62. The van der Waals surface area contributed by atoms with Gasteiger partial charge in [0.05, 0.1) is 14.2 Å². The molecule has 0 N–H and O–H groups in total. The number of methoxy groups -OCH3 is 2. The normalized spacial score (nSPS) is 11.5. The Morgan fingerprint density at radius 2 is 1.37 bits per heavy atom. The lowest BCUT2D eigenvalue weighted by Gasteiger charge is -2.23. The Morgan fingerprint density at radius 1 is 0.900 bits per heavy atom. The topological polar surface area (TPSA) is 68.7 Å². The number of sulfonamides is 1. The van der Waals surface area contributed by atoms with Gasteiger partial charge in [-0.3, -0.25) is 0 Å². The number of hydrogen-bond donors (Lipinski definition) is 0. The van der Waals surface area contributed by atoms with Crippen LogP contribution in [0.4, 0.5) is 0 Å². The van der Waals surface area contributed by atoms with Crippen molar-refractivity contribution in [2.75, 3.05) is 14.2 Å². The molecule has 0 saturated carbocycles. The molecule has 0 saturated heterocycles. The number of halogens is 1. The monoisotopic (exact) mass is 490 g/mol. The summed E-state index contributed by atoms with van der Waals surface area (Å²) in [6.45, 7) is 2.15. The van der Waals surface area contributed by atoms with Crippen molar-refractivity contribution in [1.82, 2.24) is 9.29 Å². The Kier molecular flexibility index (Phi) is 7.12. The minimum atomic E-state index is -3.84. The molecule has 2 aromatic carbocycles. The molecule has 0 aliphatic heterocycles. The second kappa shape index (κ2) is 9.59. The van der Waals surface area contributed by atoms with E-state index < -0.39 is 10.0 Å². The summed E-state index contributed by atoms with van der Waals surface area (Å²) in [7, 11) is -0.648. The van der Waals surface area contributed by atoms with Gasteiger partial charge in [0.15, 0.2) is 5.03 Å². The smallest absolute Gasteiger partial charge is 0.261 e. The van der Waals surface area contributed by atoms with Gasteiger partial charge in [-0.2, -0.15) is 4.31 Å². The van der Waals surface area contributed by atoms with Crippen LogP contribution in [0.1, 0.15) is 16.7 Å². The first-order valence-corrected chi connectivity index (χ1v) is 11.4. The number of ether oxygens (including phenoxy) is 2. The highest BCUT2D eigenvalue weighted by Gasteiger charge is 2.28. The quantitative estimate of drug-likeness (QED) is 0.462. The molecule has 0 fully saturated rings. The zero-order chi connectivity index (χ0) is 21.7. The minimum Gasteiger partial charge on any atom is -0.497 e. The number of aryl methyl sites for hydroxylation is 1. The van der Waals surface area contributed by atoms with E-state index in [1.807, 2.05) is 48.5 Å². The van der Waals surface area contributed by atoms with E-state index in [2.05, 4.69) is 20.9 Å². The van der Waals surface area contributed by atoms with Crippen molar-refractivity contribution in [1.29, 1.82) is 0 Å². The van der Waals surface area contributed by atoms with Crippen molar-refractivity contribution in [3.05, 3.63) is 82.0 Å². The lowest BCUT2D eigenvalue weighted by atomic mass is 10.2. The average Bonchev–Trinajstić information content (AvgIpc) is 2.74. The molecule has 30 heavy (non-hydrogen) atoms. The second-order valence-electron chi connectivity index (χ2n) is 6.74. The van der Waals surface area contributed by atoms with Gasteiger partial charge >= 0.3 is 0 Å². The van der Waals surface area contributed by atoms with Crippen LogP contribution in [0.2, 0.25) is 0 Å². The van der Waals surface area contributed by atoms with Crippen molar-refractivity contribution in [2.24, 2.45) is 0 Å². The molecular weight excluding hydrogens is 468 g/mol. The molecular formula is C22H23BrN2O4S. The Bertz CT molecular complexity index is 1050. The van der Waals surface area contributed by atoms with E-state index in [1.165, 1.54) is 10.5 Å². The first-order valence-electron chi connectivity index (χ1n) is 9.21. The second-order valence-corrected chi connectivity index (χ2v) is 9.51. The van der Waals surface area contributed by atoms with Gasteiger partial charge in [0.1, 0.15) is 11.5 Å². The molecule has 6 nitrogen and oxygen atoms in total. The summed E-state index contributed by atoms with van der Waals surface area (Å²) in [5.74, 6) is 1.43. The fourth-order valence-corrected chi connectivity index (χ4v) is 5.00. The van der Waals surface area contributed by atoms with Crippen LogP contribution < -0.4 is 9.47 Å². The number of aromatic nitrogens is 1. The van der Waals surface area contributed by atoms with Gasteiger partial charge in [0.25, 0.3) is 10.0 Å². The number of benzene rings is 2. The lowest BCUT2D eigenvalue weighted by Crippen LogP contribution is -2.31. The third-order valence-corrected chi connectivity index (χ3v) is 6.90. The first-order chi connectivity index (χ1) is 14.3. The summed E-state index contributed by atoms with van der Waals surface area (Å²) >= 11 is 3.34. The SMILES string of the molecule is COc1ccc(CN(Cc2ccc(OC)cc2)S(=O)(=O)c2ncc(Br)cc2C)cc1. The highest BCUT2D eigenvalue weighted by molar-refractivity contribution is 9.10. The van der Waals surface area contributed by atoms with Gasteiger partial charge in [0.2, 0.25) is 0 Å². The van der Waals surface area contributed by atoms with Crippen molar-refractivity contribution >= 4 is 26.0 Å². The lowest BCUT2D eigenvalue weighted by molar-refractivity contribution is 0.395. The Morgan fingerprint density at radius 3 is 1.77 bits per heavy atom. The zero-order valence-corrected chi connectivity index (χ0v) is 19.4. The van der Waals surface area contributed by atoms with Crippen LogP contribution in [0, 0.1) is 6.92 Å². The Labute approximate surface area is 185 Å². The van der Waals surface area contributed by atoms with E-state index in [-0.39, 0.29) is 18.1 Å². The maximum absolute atomic E-state index is 13.5. The Hall–Kier alpha value is -2.42. The molecule has 0 atom stereocenters. The molecule has 0 spiro atoms. The van der Waals surface area contributed by atoms with Crippen LogP contribution in [0.5, 0.6) is 11.5 Å². The number of nitrogens with zero attached hydrogens (tertiary/aromatic N) is 2. The van der Waals surface area contributed by atoms with E-state index in [0.717, 1.165) is 15.6 Å². The largest absolute Gasteiger partial charge is 0.497 e. The number of rotatable bonds is 8. The van der Waals surface area contributed by atoms with Gasteiger partial charge in [-0.25, -0.2) is 13.4 Å². The van der Waals surface area contributed by atoms with Crippen molar-refractivity contribution in [3.8, 4) is 11.5 Å². The van der Waals surface area contributed by atoms with Crippen molar-refractivity contribution in [3.63, 3.8) is 0 Å². The molecule has 1 aromatic heterocycles. The third kappa shape index (κ3) is 5.19. The molecule has 0 unspecified atom stereocenters. The summed E-state index contributed by atoms with van der Waals surface area (Å²) < 4.78 is 39.6. The zero-order valence-electron chi connectivity index (χ0n) is 17.0. The van der Waals surface area contributed by atoms with Gasteiger partial charge in [-0.1, -0.05) is 24.3 Å². The molecule has 0 aliphatic carbocycles. The molecule has 3 aromatic rings. The van der Waals surface area contributed by atoms with Crippen molar-refractivity contribution < 1.29 is 17.9 Å². The average molecular weight is 491 g/mol. The standard InChI is InChI=1S/C22H23BrN2O4S/c1-16-12-19(23)13-24-22(16)30(26,27)25(14-17-4-8-20(28-2)9-5-17)15-18-6-10-21(29-3)11-7-18/h4-13H,14-15H2,1-3H3. The highest BCUT2D eigenvalue weighted by Crippen LogP contribution is 2.25. The maximum Gasteiger partial charge on any atom is 0.261 e. The van der Waals surface area contributed by atoms with E-state index in [4.69, 9.17) is 9.47 Å². The van der Waals surface area contributed by atoms with E-state index >= 15 is 0 Å². The molecule has 1 heterocycles. The van der Waals surface area contributed by atoms with Crippen LogP contribution in [-0.2, 0) is 23.1 Å². The van der Waals surface area contributed by atoms with Crippen LogP contribution in [-0.4, -0.2) is 31.9 Å². The van der Waals surface area contributed by atoms with E-state index in [1.54, 1.807) is 27.2 Å². The summed E-state index contributed by atoms with van der Waals surface area (Å²) in [6.07, 6.45) is 1.50. The molecule has 0 aliphatic rings. The fourth-order valence-electron chi connectivity index (χ4n) is 3.02. The maximum atomic E-state index is 13.5. The minimum absolute atomic E-state index is 0.0488. The predicted molar refractivity (Wildman–Crippen MR) is 119 cm³/mol. The van der Waals surface area contributed by atoms with Crippen molar-refractivity contribution in [2.45, 2.75) is 25.0 Å². The molecule has 0 amide bonds. The summed E-state index contributed by atoms with van der Waals surface area (Å²) in [4.78, 5) is 4.19. The Balaban J connectivity index is 1.97. The van der Waals surface area contributed by atoms with Gasteiger partial charge in [-0.05, 0) is 69.9 Å². The highest BCUT2D eigenvalue weighted by atomic mass is 79.9. The van der Waals surface area contributed by atoms with Gasteiger partial charge in [-0.15, -0.1) is 0 Å².